The van der Waals surface area contributed by atoms with Crippen LogP contribution in [0.4, 0.5) is 5.69 Å². The van der Waals surface area contributed by atoms with Crippen LogP contribution in [0.15, 0.2) is 36.5 Å². The monoisotopic (exact) mass is 269 g/mol. The third-order valence-electron chi connectivity index (χ3n) is 4.46. The Balaban J connectivity index is 1.83. The molecule has 3 heteroatoms. The van der Waals surface area contributed by atoms with Gasteiger partial charge in [0.25, 0.3) is 0 Å². The standard InChI is InChI=1S/C17H23N3/c18-12-17(13-6-2-1-3-7-13)20-16-10-11-19-15-9-5-4-8-14(15)16/h4-5,8-11,13,17H,1-3,6-7,12,18H2,(H,19,20). The van der Waals surface area contributed by atoms with Gasteiger partial charge in [-0.2, -0.15) is 0 Å². The minimum Gasteiger partial charge on any atom is -0.380 e. The molecular formula is C17H23N3. The molecule has 106 valence electrons. The summed E-state index contributed by atoms with van der Waals surface area (Å²) in [6.45, 7) is 0.696. The van der Waals surface area contributed by atoms with Crippen molar-refractivity contribution >= 4 is 16.6 Å². The number of nitrogens with two attached hydrogens (primary N) is 1. The van der Waals surface area contributed by atoms with E-state index >= 15 is 0 Å². The van der Waals surface area contributed by atoms with Crippen molar-refractivity contribution in [2.24, 2.45) is 11.7 Å². The Morgan fingerprint density at radius 1 is 1.15 bits per heavy atom. The number of fused-ring (bicyclic) bond motifs is 1. The maximum absolute atomic E-state index is 6.02. The normalized spacial score (nSPS) is 18.1. The fourth-order valence-electron chi connectivity index (χ4n) is 3.33. The zero-order chi connectivity index (χ0) is 13.8. The van der Waals surface area contributed by atoms with Crippen molar-refractivity contribution in [3.05, 3.63) is 36.5 Å². The Hall–Kier alpha value is -1.61. The van der Waals surface area contributed by atoms with Gasteiger partial charge >= 0.3 is 0 Å². The number of para-hydroxylation sites is 1. The Morgan fingerprint density at radius 2 is 1.95 bits per heavy atom. The van der Waals surface area contributed by atoms with Crippen LogP contribution in [0.25, 0.3) is 10.9 Å². The highest BCUT2D eigenvalue weighted by atomic mass is 15.0. The molecule has 2 aromatic rings. The molecule has 20 heavy (non-hydrogen) atoms. The van der Waals surface area contributed by atoms with Gasteiger partial charge in [-0.15, -0.1) is 0 Å². The van der Waals surface area contributed by atoms with E-state index in [1.165, 1.54) is 37.5 Å². The average molecular weight is 269 g/mol. The molecule has 3 nitrogen and oxygen atoms in total. The maximum atomic E-state index is 6.02. The van der Waals surface area contributed by atoms with Gasteiger partial charge in [0.15, 0.2) is 0 Å². The molecule has 1 aromatic heterocycles. The van der Waals surface area contributed by atoms with Crippen molar-refractivity contribution in [3.8, 4) is 0 Å². The average Bonchev–Trinajstić information content (AvgIpc) is 2.53. The first-order valence-corrected chi connectivity index (χ1v) is 7.69. The minimum atomic E-state index is 0.376. The number of hydrogen-bond acceptors (Lipinski definition) is 3. The summed E-state index contributed by atoms with van der Waals surface area (Å²) in [4.78, 5) is 4.42. The number of anilines is 1. The topological polar surface area (TPSA) is 50.9 Å². The summed E-state index contributed by atoms with van der Waals surface area (Å²) in [6.07, 6.45) is 8.56. The molecule has 3 rings (SSSR count). The van der Waals surface area contributed by atoms with Crippen LogP contribution in [-0.4, -0.2) is 17.6 Å². The molecular weight excluding hydrogens is 246 g/mol. The van der Waals surface area contributed by atoms with Gasteiger partial charge in [0.2, 0.25) is 0 Å². The van der Waals surface area contributed by atoms with E-state index in [2.05, 4.69) is 34.6 Å². The predicted molar refractivity (Wildman–Crippen MR) is 84.8 cm³/mol. The van der Waals surface area contributed by atoms with Crippen molar-refractivity contribution in [1.82, 2.24) is 4.98 Å². The summed E-state index contributed by atoms with van der Waals surface area (Å²) < 4.78 is 0. The molecule has 1 atom stereocenters. The number of benzene rings is 1. The van der Waals surface area contributed by atoms with Crippen molar-refractivity contribution in [2.45, 2.75) is 38.1 Å². The number of nitrogens with zero attached hydrogens (tertiary/aromatic N) is 1. The molecule has 1 aromatic carbocycles. The third-order valence-corrected chi connectivity index (χ3v) is 4.46. The molecule has 1 fully saturated rings. The summed E-state index contributed by atoms with van der Waals surface area (Å²) in [5.74, 6) is 0.709. The van der Waals surface area contributed by atoms with Crippen molar-refractivity contribution < 1.29 is 0 Å². The fraction of sp³-hybridized carbons (Fsp3) is 0.471. The van der Waals surface area contributed by atoms with E-state index in [0.717, 1.165) is 11.2 Å². The van der Waals surface area contributed by atoms with E-state index < -0.39 is 0 Å². The number of pyridine rings is 1. The lowest BCUT2D eigenvalue weighted by Gasteiger charge is -2.31. The number of hydrogen-bond donors (Lipinski definition) is 2. The van der Waals surface area contributed by atoms with Crippen LogP contribution in [0.1, 0.15) is 32.1 Å². The zero-order valence-electron chi connectivity index (χ0n) is 11.9. The first-order valence-electron chi connectivity index (χ1n) is 7.69. The summed E-state index contributed by atoms with van der Waals surface area (Å²) in [6, 6.07) is 10.7. The van der Waals surface area contributed by atoms with E-state index in [1.807, 2.05) is 12.3 Å². The van der Waals surface area contributed by atoms with Crippen LogP contribution in [0.5, 0.6) is 0 Å². The molecule has 0 aliphatic heterocycles. The fourth-order valence-corrected chi connectivity index (χ4v) is 3.33. The van der Waals surface area contributed by atoms with E-state index in [4.69, 9.17) is 5.73 Å². The van der Waals surface area contributed by atoms with Crippen molar-refractivity contribution in [2.75, 3.05) is 11.9 Å². The molecule has 1 saturated carbocycles. The Labute approximate surface area is 120 Å². The van der Waals surface area contributed by atoms with E-state index in [0.29, 0.717) is 18.5 Å². The highest BCUT2D eigenvalue weighted by Gasteiger charge is 2.22. The van der Waals surface area contributed by atoms with Crippen molar-refractivity contribution in [3.63, 3.8) is 0 Å². The highest BCUT2D eigenvalue weighted by molar-refractivity contribution is 5.90. The molecule has 1 unspecified atom stereocenters. The van der Waals surface area contributed by atoms with E-state index in [-0.39, 0.29) is 0 Å². The highest BCUT2D eigenvalue weighted by Crippen LogP contribution is 2.29. The summed E-state index contributed by atoms with van der Waals surface area (Å²) >= 11 is 0. The van der Waals surface area contributed by atoms with Crippen molar-refractivity contribution in [1.29, 1.82) is 0 Å². The molecule has 1 aliphatic carbocycles. The smallest absolute Gasteiger partial charge is 0.0722 e. The van der Waals surface area contributed by atoms with E-state index in [1.54, 1.807) is 0 Å². The predicted octanol–water partition coefficient (Wildman–Crippen LogP) is 3.55. The summed E-state index contributed by atoms with van der Waals surface area (Å²) in [5, 5.41) is 4.86. The third kappa shape index (κ3) is 2.78. The molecule has 3 N–H and O–H groups in total. The van der Waals surface area contributed by atoms with Gasteiger partial charge in [0.05, 0.1) is 5.52 Å². The number of nitrogens with one attached hydrogen (secondary N) is 1. The molecule has 0 bridgehead atoms. The number of rotatable bonds is 4. The van der Waals surface area contributed by atoms with Gasteiger partial charge in [0.1, 0.15) is 0 Å². The van der Waals surface area contributed by atoms with Gasteiger partial charge < -0.3 is 11.1 Å². The summed E-state index contributed by atoms with van der Waals surface area (Å²) in [7, 11) is 0. The van der Waals surface area contributed by atoms with Gasteiger partial charge in [0, 0.05) is 29.9 Å². The molecule has 0 saturated heterocycles. The SMILES string of the molecule is NCC(Nc1ccnc2ccccc12)C1CCCCC1. The minimum absolute atomic E-state index is 0.376. The van der Waals surface area contributed by atoms with Crippen LogP contribution in [0.3, 0.4) is 0 Å². The second-order valence-electron chi connectivity index (χ2n) is 5.76. The van der Waals surface area contributed by atoms with Gasteiger partial charge in [-0.05, 0) is 30.9 Å². The zero-order valence-corrected chi connectivity index (χ0v) is 11.9. The molecule has 0 radical (unpaired) electrons. The maximum Gasteiger partial charge on any atom is 0.0722 e. The van der Waals surface area contributed by atoms with Crippen LogP contribution in [-0.2, 0) is 0 Å². The quantitative estimate of drug-likeness (QED) is 0.892. The Kier molecular flexibility index (Phi) is 4.16. The van der Waals surface area contributed by atoms with Crippen LogP contribution < -0.4 is 11.1 Å². The van der Waals surface area contributed by atoms with Crippen LogP contribution in [0, 0.1) is 5.92 Å². The molecule has 0 amide bonds. The lowest BCUT2D eigenvalue weighted by molar-refractivity contribution is 0.320. The number of aromatic nitrogens is 1. The van der Waals surface area contributed by atoms with E-state index in [9.17, 15) is 0 Å². The molecule has 1 heterocycles. The second-order valence-corrected chi connectivity index (χ2v) is 5.76. The Bertz CT molecular complexity index is 556. The van der Waals surface area contributed by atoms with Gasteiger partial charge in [-0.25, -0.2) is 0 Å². The first-order chi connectivity index (χ1) is 9.88. The lowest BCUT2D eigenvalue weighted by Crippen LogP contribution is -2.37. The first kappa shape index (κ1) is 13.4. The van der Waals surface area contributed by atoms with Crippen LogP contribution in [0.2, 0.25) is 0 Å². The Morgan fingerprint density at radius 3 is 2.75 bits per heavy atom. The lowest BCUT2D eigenvalue weighted by atomic mass is 9.83. The largest absolute Gasteiger partial charge is 0.380 e. The molecule has 1 aliphatic rings. The molecule has 0 spiro atoms. The second kappa shape index (κ2) is 6.23. The van der Waals surface area contributed by atoms with Crippen LogP contribution >= 0.6 is 0 Å². The summed E-state index contributed by atoms with van der Waals surface area (Å²) in [5.41, 5.74) is 8.22. The van der Waals surface area contributed by atoms with Gasteiger partial charge in [-0.3, -0.25) is 4.98 Å². The van der Waals surface area contributed by atoms with Gasteiger partial charge in [-0.1, -0.05) is 37.5 Å².